The van der Waals surface area contributed by atoms with Crippen molar-refractivity contribution in [3.8, 4) is 22.7 Å². The number of nitrogens with zero attached hydrogens (tertiary/aromatic N) is 3. The number of rotatable bonds is 4. The highest BCUT2D eigenvalue weighted by Crippen LogP contribution is 2.37. The summed E-state index contributed by atoms with van der Waals surface area (Å²) in [6, 6.07) is 16.0. The van der Waals surface area contributed by atoms with Crippen molar-refractivity contribution in [2.75, 3.05) is 12.3 Å². The Bertz CT molecular complexity index is 1160. The second-order valence-electron chi connectivity index (χ2n) is 6.90. The van der Waals surface area contributed by atoms with Crippen LogP contribution in [0, 0.1) is 20.8 Å². The van der Waals surface area contributed by atoms with Gasteiger partial charge in [0.25, 0.3) is 0 Å². The van der Waals surface area contributed by atoms with Gasteiger partial charge in [0.15, 0.2) is 0 Å². The topological polar surface area (TPSA) is 66.0 Å². The lowest BCUT2D eigenvalue weighted by molar-refractivity contribution is 0.340. The zero-order valence-corrected chi connectivity index (χ0v) is 16.7. The largest absolute Gasteiger partial charge is 0.494 e. The van der Waals surface area contributed by atoms with Gasteiger partial charge in [-0.3, -0.25) is 0 Å². The number of hydrogen-bond acceptors (Lipinski definition) is 4. The fourth-order valence-corrected chi connectivity index (χ4v) is 3.94. The zero-order valence-electron chi connectivity index (χ0n) is 16.7. The molecule has 5 nitrogen and oxygen atoms in total. The second-order valence-corrected chi connectivity index (χ2v) is 6.90. The van der Waals surface area contributed by atoms with Crippen LogP contribution in [0.15, 0.2) is 48.5 Å². The minimum atomic E-state index is 0.656. The van der Waals surface area contributed by atoms with E-state index < -0.39 is 0 Å². The maximum absolute atomic E-state index is 6.24. The van der Waals surface area contributed by atoms with Crippen molar-refractivity contribution >= 4 is 16.5 Å². The number of aryl methyl sites for hydroxylation is 3. The summed E-state index contributed by atoms with van der Waals surface area (Å²) in [7, 11) is 0. The number of fused-ring (bicyclic) bond motifs is 1. The SMILES string of the molecule is CCOc1ccc(-n2c(C)c3c(C)nnc(-c4ccccc4N)c3c2C)cc1. The minimum absolute atomic E-state index is 0.656. The molecule has 0 aliphatic rings. The fraction of sp³-hybridized carbons (Fsp3) is 0.217. The molecule has 142 valence electrons. The maximum Gasteiger partial charge on any atom is 0.119 e. The van der Waals surface area contributed by atoms with Crippen molar-refractivity contribution < 1.29 is 4.74 Å². The van der Waals surface area contributed by atoms with E-state index in [1.54, 1.807) is 0 Å². The molecule has 2 aromatic carbocycles. The molecular formula is C23H24N4O. The number of benzene rings is 2. The molecule has 0 aliphatic heterocycles. The van der Waals surface area contributed by atoms with Crippen LogP contribution in [0.4, 0.5) is 5.69 Å². The van der Waals surface area contributed by atoms with Crippen LogP contribution in [0.3, 0.4) is 0 Å². The van der Waals surface area contributed by atoms with E-state index in [4.69, 9.17) is 10.5 Å². The molecule has 0 atom stereocenters. The predicted octanol–water partition coefficient (Wildman–Crippen LogP) is 4.99. The van der Waals surface area contributed by atoms with E-state index in [-0.39, 0.29) is 0 Å². The Balaban J connectivity index is 1.99. The van der Waals surface area contributed by atoms with Crippen LogP contribution in [0.2, 0.25) is 0 Å². The van der Waals surface area contributed by atoms with Crippen molar-refractivity contribution in [3.05, 3.63) is 65.6 Å². The standard InChI is InChI=1S/C23H24N4O/c1-5-28-18-12-10-17(11-13-18)27-15(3)21-14(2)25-26-23(22(21)16(27)4)19-8-6-7-9-20(19)24/h6-13H,5,24H2,1-4H3. The van der Waals surface area contributed by atoms with Crippen molar-refractivity contribution in [3.63, 3.8) is 0 Å². The van der Waals surface area contributed by atoms with E-state index >= 15 is 0 Å². The summed E-state index contributed by atoms with van der Waals surface area (Å²) in [5.74, 6) is 0.871. The zero-order chi connectivity index (χ0) is 19.8. The number of anilines is 1. The molecule has 28 heavy (non-hydrogen) atoms. The third kappa shape index (κ3) is 2.80. The van der Waals surface area contributed by atoms with E-state index in [0.717, 1.165) is 50.5 Å². The van der Waals surface area contributed by atoms with Crippen LogP contribution >= 0.6 is 0 Å². The normalized spacial score (nSPS) is 11.1. The molecule has 0 unspecified atom stereocenters. The number of para-hydroxylation sites is 1. The van der Waals surface area contributed by atoms with Crippen LogP contribution in [0.5, 0.6) is 5.75 Å². The highest BCUT2D eigenvalue weighted by molar-refractivity contribution is 6.02. The Morgan fingerprint density at radius 1 is 0.893 bits per heavy atom. The van der Waals surface area contributed by atoms with Gasteiger partial charge >= 0.3 is 0 Å². The molecular weight excluding hydrogens is 348 g/mol. The summed E-state index contributed by atoms with van der Waals surface area (Å²) in [4.78, 5) is 0. The van der Waals surface area contributed by atoms with Gasteiger partial charge in [-0.1, -0.05) is 18.2 Å². The maximum atomic E-state index is 6.24. The van der Waals surface area contributed by atoms with Crippen LogP contribution in [0.1, 0.15) is 24.0 Å². The first-order valence-corrected chi connectivity index (χ1v) is 9.46. The van der Waals surface area contributed by atoms with Gasteiger partial charge in [0.1, 0.15) is 11.4 Å². The Hall–Kier alpha value is -3.34. The summed E-state index contributed by atoms with van der Waals surface area (Å²) in [6.45, 7) is 8.89. The van der Waals surface area contributed by atoms with E-state index in [0.29, 0.717) is 12.3 Å². The van der Waals surface area contributed by atoms with Gasteiger partial charge in [-0.25, -0.2) is 0 Å². The molecule has 0 fully saturated rings. The van der Waals surface area contributed by atoms with Gasteiger partial charge in [0.05, 0.1) is 12.3 Å². The third-order valence-electron chi connectivity index (χ3n) is 5.16. The van der Waals surface area contributed by atoms with E-state index in [1.165, 1.54) is 0 Å². The molecule has 0 saturated carbocycles. The molecule has 0 radical (unpaired) electrons. The molecule has 0 spiro atoms. The van der Waals surface area contributed by atoms with Crippen molar-refractivity contribution in [1.82, 2.24) is 14.8 Å². The first-order valence-electron chi connectivity index (χ1n) is 9.46. The molecule has 2 N–H and O–H groups in total. The molecule has 0 bridgehead atoms. The van der Waals surface area contributed by atoms with Crippen LogP contribution < -0.4 is 10.5 Å². The smallest absolute Gasteiger partial charge is 0.119 e. The monoisotopic (exact) mass is 372 g/mol. The Kier molecular flexibility index (Phi) is 4.51. The van der Waals surface area contributed by atoms with Gasteiger partial charge in [-0.2, -0.15) is 5.10 Å². The number of nitrogen functional groups attached to an aromatic ring is 1. The van der Waals surface area contributed by atoms with Crippen LogP contribution in [-0.4, -0.2) is 21.4 Å². The molecule has 2 heterocycles. The lowest BCUT2D eigenvalue weighted by Crippen LogP contribution is -1.99. The summed E-state index contributed by atoms with van der Waals surface area (Å²) in [5, 5.41) is 11.2. The second kappa shape index (κ2) is 7.00. The average Bonchev–Trinajstić information content (AvgIpc) is 2.96. The fourth-order valence-electron chi connectivity index (χ4n) is 3.94. The highest BCUT2D eigenvalue weighted by Gasteiger charge is 2.21. The predicted molar refractivity (Wildman–Crippen MR) is 114 cm³/mol. The van der Waals surface area contributed by atoms with Gasteiger partial charge in [0.2, 0.25) is 0 Å². The van der Waals surface area contributed by atoms with Crippen molar-refractivity contribution in [2.45, 2.75) is 27.7 Å². The quantitative estimate of drug-likeness (QED) is 0.512. The summed E-state index contributed by atoms with van der Waals surface area (Å²) in [6.07, 6.45) is 0. The lowest BCUT2D eigenvalue weighted by atomic mass is 10.0. The molecule has 0 saturated heterocycles. The van der Waals surface area contributed by atoms with Crippen LogP contribution in [0.25, 0.3) is 27.7 Å². The van der Waals surface area contributed by atoms with E-state index in [2.05, 4.69) is 40.7 Å². The minimum Gasteiger partial charge on any atom is -0.494 e. The Morgan fingerprint density at radius 3 is 2.25 bits per heavy atom. The molecule has 0 amide bonds. The number of hydrogen-bond donors (Lipinski definition) is 1. The van der Waals surface area contributed by atoms with Crippen molar-refractivity contribution in [2.24, 2.45) is 0 Å². The highest BCUT2D eigenvalue weighted by atomic mass is 16.5. The lowest BCUT2D eigenvalue weighted by Gasteiger charge is -2.11. The number of aromatic nitrogens is 3. The molecule has 4 aromatic rings. The summed E-state index contributed by atoms with van der Waals surface area (Å²) >= 11 is 0. The van der Waals surface area contributed by atoms with Gasteiger partial charge in [-0.15, -0.1) is 5.10 Å². The molecule has 5 heteroatoms. The summed E-state index contributed by atoms with van der Waals surface area (Å²) < 4.78 is 7.83. The van der Waals surface area contributed by atoms with E-state index in [1.807, 2.05) is 50.2 Å². The first-order chi connectivity index (χ1) is 13.5. The average molecular weight is 372 g/mol. The Labute approximate surface area is 164 Å². The third-order valence-corrected chi connectivity index (χ3v) is 5.16. The first kappa shape index (κ1) is 18.0. The van der Waals surface area contributed by atoms with Gasteiger partial charge < -0.3 is 15.0 Å². The molecule has 4 rings (SSSR count). The van der Waals surface area contributed by atoms with E-state index in [9.17, 15) is 0 Å². The van der Waals surface area contributed by atoms with Crippen LogP contribution in [-0.2, 0) is 0 Å². The van der Waals surface area contributed by atoms with Gasteiger partial charge in [-0.05, 0) is 58.0 Å². The number of ether oxygens (including phenoxy) is 1. The Morgan fingerprint density at radius 2 is 1.57 bits per heavy atom. The van der Waals surface area contributed by atoms with Crippen molar-refractivity contribution in [1.29, 1.82) is 0 Å². The molecule has 2 aromatic heterocycles. The summed E-state index contributed by atoms with van der Waals surface area (Å²) in [5.41, 5.74) is 12.9. The number of nitrogens with two attached hydrogens (primary N) is 1. The molecule has 0 aliphatic carbocycles. The van der Waals surface area contributed by atoms with Gasteiger partial charge in [0, 0.05) is 39.1 Å².